The van der Waals surface area contributed by atoms with Gasteiger partial charge in [-0.05, 0) is 41.8 Å². The third-order valence-electron chi connectivity index (χ3n) is 5.27. The lowest BCUT2D eigenvalue weighted by Crippen LogP contribution is -2.28. The van der Waals surface area contributed by atoms with E-state index in [1.54, 1.807) is 15.8 Å². The fraction of sp³-hybridized carbons (Fsp3) is 0.261. The number of likely N-dealkylation sites (tertiary alicyclic amines) is 1. The quantitative estimate of drug-likeness (QED) is 0.704. The zero-order chi connectivity index (χ0) is 20.2. The Morgan fingerprint density at radius 2 is 1.93 bits per heavy atom. The molecule has 1 aliphatic heterocycles. The van der Waals surface area contributed by atoms with Gasteiger partial charge in [0, 0.05) is 37.6 Å². The molecule has 1 atom stereocenters. The van der Waals surface area contributed by atoms with Gasteiger partial charge in [-0.3, -0.25) is 9.59 Å². The number of anilines is 1. The van der Waals surface area contributed by atoms with Crippen LogP contribution in [0, 0.1) is 5.92 Å². The fourth-order valence-electron chi connectivity index (χ4n) is 3.59. The van der Waals surface area contributed by atoms with Gasteiger partial charge in [0.2, 0.25) is 11.8 Å². The number of aromatic nitrogens is 2. The maximum absolute atomic E-state index is 12.7. The Balaban J connectivity index is 1.38. The predicted molar refractivity (Wildman–Crippen MR) is 112 cm³/mol. The molecule has 1 fully saturated rings. The van der Waals surface area contributed by atoms with E-state index in [4.69, 9.17) is 0 Å². The van der Waals surface area contributed by atoms with Crippen LogP contribution < -0.4 is 5.32 Å². The summed E-state index contributed by atoms with van der Waals surface area (Å²) in [6, 6.07) is 17.6. The molecular formula is C23H24N4O2. The first-order valence-corrected chi connectivity index (χ1v) is 9.89. The van der Waals surface area contributed by atoms with Crippen LogP contribution in [0.4, 0.5) is 5.69 Å². The third kappa shape index (κ3) is 4.37. The first-order chi connectivity index (χ1) is 14.1. The number of aryl methyl sites for hydroxylation is 1. The molecule has 0 radical (unpaired) electrons. The first-order valence-electron chi connectivity index (χ1n) is 9.89. The lowest BCUT2D eigenvalue weighted by molar-refractivity contribution is -0.128. The van der Waals surface area contributed by atoms with Crippen LogP contribution in [0.15, 0.2) is 67.0 Å². The van der Waals surface area contributed by atoms with E-state index in [0.717, 1.165) is 17.7 Å². The molecule has 2 amide bonds. The van der Waals surface area contributed by atoms with E-state index in [0.29, 0.717) is 18.8 Å². The topological polar surface area (TPSA) is 67.2 Å². The smallest absolute Gasteiger partial charge is 0.229 e. The van der Waals surface area contributed by atoms with E-state index in [1.807, 2.05) is 36.5 Å². The average Bonchev–Trinajstić information content (AvgIpc) is 3.39. The SMILES string of the molecule is CCc1ccc(CN2CC(C(=O)Nc3cccc(-n4cccn4)c3)CC2=O)cc1. The van der Waals surface area contributed by atoms with Crippen LogP contribution in [0.3, 0.4) is 0 Å². The second-order valence-electron chi connectivity index (χ2n) is 7.34. The Morgan fingerprint density at radius 1 is 1.14 bits per heavy atom. The van der Waals surface area contributed by atoms with Gasteiger partial charge in [-0.2, -0.15) is 5.10 Å². The number of amides is 2. The van der Waals surface area contributed by atoms with Crippen LogP contribution in [-0.2, 0) is 22.6 Å². The van der Waals surface area contributed by atoms with Crippen molar-refractivity contribution in [3.05, 3.63) is 78.1 Å². The van der Waals surface area contributed by atoms with Crippen molar-refractivity contribution in [1.29, 1.82) is 0 Å². The summed E-state index contributed by atoms with van der Waals surface area (Å²) >= 11 is 0. The van der Waals surface area contributed by atoms with Crippen molar-refractivity contribution in [2.45, 2.75) is 26.3 Å². The molecule has 148 valence electrons. The molecule has 0 aliphatic carbocycles. The minimum Gasteiger partial charge on any atom is -0.338 e. The molecule has 0 saturated carbocycles. The van der Waals surface area contributed by atoms with E-state index >= 15 is 0 Å². The second kappa shape index (κ2) is 8.31. The zero-order valence-electron chi connectivity index (χ0n) is 16.4. The maximum atomic E-state index is 12.7. The summed E-state index contributed by atoms with van der Waals surface area (Å²) in [4.78, 5) is 26.9. The van der Waals surface area contributed by atoms with Gasteiger partial charge in [0.25, 0.3) is 0 Å². The van der Waals surface area contributed by atoms with Gasteiger partial charge in [0.15, 0.2) is 0 Å². The lowest BCUT2D eigenvalue weighted by Gasteiger charge is -2.17. The normalized spacial score (nSPS) is 16.2. The van der Waals surface area contributed by atoms with E-state index in [-0.39, 0.29) is 24.2 Å². The van der Waals surface area contributed by atoms with Crippen molar-refractivity contribution in [2.75, 3.05) is 11.9 Å². The minimum atomic E-state index is -0.342. The van der Waals surface area contributed by atoms with Crippen LogP contribution in [0.1, 0.15) is 24.5 Å². The van der Waals surface area contributed by atoms with Crippen LogP contribution in [0.25, 0.3) is 5.69 Å². The molecule has 29 heavy (non-hydrogen) atoms. The van der Waals surface area contributed by atoms with Gasteiger partial charge in [-0.25, -0.2) is 4.68 Å². The highest BCUT2D eigenvalue weighted by molar-refractivity contribution is 5.97. The van der Waals surface area contributed by atoms with Crippen molar-refractivity contribution >= 4 is 17.5 Å². The highest BCUT2D eigenvalue weighted by Gasteiger charge is 2.34. The molecule has 1 aromatic heterocycles. The molecule has 1 unspecified atom stereocenters. The van der Waals surface area contributed by atoms with Crippen molar-refractivity contribution in [3.63, 3.8) is 0 Å². The van der Waals surface area contributed by atoms with Crippen molar-refractivity contribution in [3.8, 4) is 5.69 Å². The molecule has 1 saturated heterocycles. The number of nitrogens with one attached hydrogen (secondary N) is 1. The van der Waals surface area contributed by atoms with E-state index in [1.165, 1.54) is 5.56 Å². The van der Waals surface area contributed by atoms with Crippen LogP contribution >= 0.6 is 0 Å². The number of carbonyl (C=O) groups is 2. The Kier molecular flexibility index (Phi) is 5.42. The van der Waals surface area contributed by atoms with E-state index < -0.39 is 0 Å². The Bertz CT molecular complexity index is 996. The Hall–Kier alpha value is -3.41. The Morgan fingerprint density at radius 3 is 2.66 bits per heavy atom. The van der Waals surface area contributed by atoms with Gasteiger partial charge in [0.1, 0.15) is 0 Å². The molecule has 0 spiro atoms. The summed E-state index contributed by atoms with van der Waals surface area (Å²) in [5, 5.41) is 7.15. The zero-order valence-corrected chi connectivity index (χ0v) is 16.4. The molecule has 2 heterocycles. The van der Waals surface area contributed by atoms with Crippen molar-refractivity contribution < 1.29 is 9.59 Å². The molecular weight excluding hydrogens is 364 g/mol. The summed E-state index contributed by atoms with van der Waals surface area (Å²) in [6.45, 7) is 3.10. The molecule has 4 rings (SSSR count). The van der Waals surface area contributed by atoms with Gasteiger partial charge < -0.3 is 10.2 Å². The summed E-state index contributed by atoms with van der Waals surface area (Å²) in [5.74, 6) is -0.444. The molecule has 6 nitrogen and oxygen atoms in total. The number of carbonyl (C=O) groups excluding carboxylic acids is 2. The first kappa shape index (κ1) is 18.9. The van der Waals surface area contributed by atoms with Gasteiger partial charge in [-0.15, -0.1) is 0 Å². The molecule has 6 heteroatoms. The largest absolute Gasteiger partial charge is 0.338 e. The van der Waals surface area contributed by atoms with Crippen molar-refractivity contribution in [1.82, 2.24) is 14.7 Å². The number of rotatable bonds is 6. The number of nitrogens with zero attached hydrogens (tertiary/aromatic N) is 3. The van der Waals surface area contributed by atoms with E-state index in [9.17, 15) is 9.59 Å². The minimum absolute atomic E-state index is 0.0232. The number of hydrogen-bond donors (Lipinski definition) is 1. The molecule has 1 aliphatic rings. The monoisotopic (exact) mass is 388 g/mol. The summed E-state index contributed by atoms with van der Waals surface area (Å²) in [7, 11) is 0. The lowest BCUT2D eigenvalue weighted by atomic mass is 10.1. The molecule has 3 aromatic rings. The predicted octanol–water partition coefficient (Wildman–Crippen LogP) is 3.42. The average molecular weight is 388 g/mol. The number of benzene rings is 2. The summed E-state index contributed by atoms with van der Waals surface area (Å²) in [5.41, 5.74) is 3.93. The van der Waals surface area contributed by atoms with Crippen LogP contribution in [0.2, 0.25) is 0 Å². The standard InChI is InChI=1S/C23H24N4O2/c1-2-17-7-9-18(10-8-17)15-26-16-19(13-22(26)28)23(29)25-20-5-3-6-21(14-20)27-12-4-11-24-27/h3-12,14,19H,2,13,15-16H2,1H3,(H,25,29). The highest BCUT2D eigenvalue weighted by atomic mass is 16.2. The van der Waals surface area contributed by atoms with Crippen LogP contribution in [0.5, 0.6) is 0 Å². The number of hydrogen-bond acceptors (Lipinski definition) is 3. The second-order valence-corrected chi connectivity index (χ2v) is 7.34. The third-order valence-corrected chi connectivity index (χ3v) is 5.27. The maximum Gasteiger partial charge on any atom is 0.229 e. The van der Waals surface area contributed by atoms with Gasteiger partial charge in [0.05, 0.1) is 11.6 Å². The van der Waals surface area contributed by atoms with Gasteiger partial charge >= 0.3 is 0 Å². The summed E-state index contributed by atoms with van der Waals surface area (Å²) in [6.07, 6.45) is 4.80. The van der Waals surface area contributed by atoms with E-state index in [2.05, 4.69) is 41.6 Å². The van der Waals surface area contributed by atoms with Crippen LogP contribution in [-0.4, -0.2) is 33.0 Å². The summed E-state index contributed by atoms with van der Waals surface area (Å²) < 4.78 is 1.74. The Labute approximate surface area is 170 Å². The molecule has 0 bridgehead atoms. The highest BCUT2D eigenvalue weighted by Crippen LogP contribution is 2.23. The molecule has 2 aromatic carbocycles. The van der Waals surface area contributed by atoms with Gasteiger partial charge in [-0.1, -0.05) is 37.3 Å². The molecule has 1 N–H and O–H groups in total. The van der Waals surface area contributed by atoms with Crippen molar-refractivity contribution in [2.24, 2.45) is 5.92 Å². The fourth-order valence-corrected chi connectivity index (χ4v) is 3.59.